The molecule has 0 aliphatic carbocycles. The zero-order valence-electron chi connectivity index (χ0n) is 15.6. The van der Waals surface area contributed by atoms with Gasteiger partial charge in [-0.15, -0.1) is 0 Å². The Labute approximate surface area is 152 Å². The number of rotatable bonds is 7. The summed E-state index contributed by atoms with van der Waals surface area (Å²) in [4.78, 5) is 28.2. The third-order valence-electron chi connectivity index (χ3n) is 3.99. The Morgan fingerprint density at radius 1 is 1.27 bits per heavy atom. The molecule has 0 saturated heterocycles. The van der Waals surface area contributed by atoms with E-state index in [1.54, 1.807) is 24.3 Å². The van der Waals surface area contributed by atoms with Crippen LogP contribution in [0.3, 0.4) is 0 Å². The first-order valence-electron chi connectivity index (χ1n) is 8.68. The van der Waals surface area contributed by atoms with Crippen LogP contribution in [0.15, 0.2) is 28.8 Å². The Bertz CT molecular complexity index is 777. The van der Waals surface area contributed by atoms with Crippen LogP contribution in [-0.2, 0) is 10.2 Å². The van der Waals surface area contributed by atoms with Gasteiger partial charge >= 0.3 is 5.97 Å². The minimum atomic E-state index is -0.910. The largest absolute Gasteiger partial charge is 0.481 e. The van der Waals surface area contributed by atoms with E-state index < -0.39 is 11.9 Å². The number of carboxylic acids is 1. The number of amides is 1. The number of benzene rings is 1. The summed E-state index contributed by atoms with van der Waals surface area (Å²) in [6.45, 7) is 7.91. The molecule has 1 heterocycles. The van der Waals surface area contributed by atoms with Crippen LogP contribution in [0.5, 0.6) is 0 Å². The van der Waals surface area contributed by atoms with Gasteiger partial charge in [0.1, 0.15) is 0 Å². The van der Waals surface area contributed by atoms with Gasteiger partial charge in [0, 0.05) is 12.0 Å². The van der Waals surface area contributed by atoms with Gasteiger partial charge in [-0.1, -0.05) is 51.4 Å². The third kappa shape index (κ3) is 4.68. The first kappa shape index (κ1) is 19.6. The molecule has 2 rings (SSSR count). The molecule has 2 N–H and O–H groups in total. The molecule has 1 atom stereocenters. The van der Waals surface area contributed by atoms with Crippen molar-refractivity contribution in [3.8, 4) is 11.5 Å². The molecule has 1 unspecified atom stereocenters. The van der Waals surface area contributed by atoms with Crippen molar-refractivity contribution in [1.82, 2.24) is 15.5 Å². The molecule has 0 bridgehead atoms. The molecule has 0 fully saturated rings. The molecule has 7 nitrogen and oxygen atoms in total. The zero-order chi connectivity index (χ0) is 19.3. The average molecular weight is 359 g/mol. The standard InChI is InChI=1S/C19H25N3O4/c1-5-8-12(17(24)25)11-20-15(23)13-9-6-7-10-14(13)16-21-18(22-26-16)19(2,3)4/h6-7,9-10,12H,5,8,11H2,1-4H3,(H,20,23)(H,24,25). The van der Waals surface area contributed by atoms with Crippen molar-refractivity contribution in [1.29, 1.82) is 0 Å². The van der Waals surface area contributed by atoms with Crippen LogP contribution in [0.4, 0.5) is 0 Å². The third-order valence-corrected chi connectivity index (χ3v) is 3.99. The number of nitrogens with zero attached hydrogens (tertiary/aromatic N) is 2. The molecular formula is C19H25N3O4. The molecule has 0 aliphatic heterocycles. The fraction of sp³-hybridized carbons (Fsp3) is 0.474. The second-order valence-corrected chi connectivity index (χ2v) is 7.25. The fourth-order valence-corrected chi connectivity index (χ4v) is 2.48. The van der Waals surface area contributed by atoms with Gasteiger partial charge in [-0.3, -0.25) is 9.59 Å². The summed E-state index contributed by atoms with van der Waals surface area (Å²) in [6, 6.07) is 6.90. The summed E-state index contributed by atoms with van der Waals surface area (Å²) in [5.74, 6) is -1.06. The van der Waals surface area contributed by atoms with Crippen molar-refractivity contribution in [3.63, 3.8) is 0 Å². The summed E-state index contributed by atoms with van der Waals surface area (Å²) < 4.78 is 5.34. The maximum atomic E-state index is 12.6. The predicted molar refractivity (Wildman–Crippen MR) is 96.8 cm³/mol. The number of nitrogens with one attached hydrogen (secondary N) is 1. The first-order valence-corrected chi connectivity index (χ1v) is 8.68. The summed E-state index contributed by atoms with van der Waals surface area (Å²) >= 11 is 0. The van der Waals surface area contributed by atoms with Gasteiger partial charge in [0.05, 0.1) is 17.0 Å². The molecule has 1 aromatic heterocycles. The van der Waals surface area contributed by atoms with Gasteiger partial charge in [-0.05, 0) is 18.6 Å². The number of carbonyl (C=O) groups excluding carboxylic acids is 1. The lowest BCUT2D eigenvalue weighted by molar-refractivity contribution is -0.141. The molecule has 0 aliphatic rings. The van der Waals surface area contributed by atoms with E-state index in [1.165, 1.54) is 0 Å². The number of carboxylic acid groups (broad SMARTS) is 1. The Hall–Kier alpha value is -2.70. The lowest BCUT2D eigenvalue weighted by Crippen LogP contribution is -2.33. The maximum Gasteiger partial charge on any atom is 0.308 e. The average Bonchev–Trinajstić information content (AvgIpc) is 3.08. The van der Waals surface area contributed by atoms with E-state index in [4.69, 9.17) is 4.52 Å². The number of carbonyl (C=O) groups is 2. The van der Waals surface area contributed by atoms with Crippen LogP contribution in [0.2, 0.25) is 0 Å². The predicted octanol–water partition coefficient (Wildman–Crippen LogP) is 3.26. The number of aromatic nitrogens is 2. The summed E-state index contributed by atoms with van der Waals surface area (Å²) in [5, 5.41) is 15.9. The van der Waals surface area contributed by atoms with E-state index in [0.717, 1.165) is 6.42 Å². The molecule has 7 heteroatoms. The van der Waals surface area contributed by atoms with E-state index in [1.807, 2.05) is 27.7 Å². The summed E-state index contributed by atoms with van der Waals surface area (Å²) in [6.07, 6.45) is 1.25. The van der Waals surface area contributed by atoms with E-state index in [2.05, 4.69) is 15.5 Å². The van der Waals surface area contributed by atoms with Crippen molar-refractivity contribution >= 4 is 11.9 Å². The van der Waals surface area contributed by atoms with Crippen LogP contribution in [0, 0.1) is 5.92 Å². The van der Waals surface area contributed by atoms with Crippen molar-refractivity contribution in [2.75, 3.05) is 6.54 Å². The smallest absolute Gasteiger partial charge is 0.308 e. The molecule has 2 aromatic rings. The number of hydrogen-bond donors (Lipinski definition) is 2. The van der Waals surface area contributed by atoms with Crippen molar-refractivity contribution < 1.29 is 19.2 Å². The van der Waals surface area contributed by atoms with E-state index in [9.17, 15) is 14.7 Å². The first-order chi connectivity index (χ1) is 12.2. The molecule has 140 valence electrons. The molecule has 26 heavy (non-hydrogen) atoms. The Morgan fingerprint density at radius 3 is 2.54 bits per heavy atom. The molecule has 1 aromatic carbocycles. The molecule has 0 spiro atoms. The maximum absolute atomic E-state index is 12.6. The van der Waals surface area contributed by atoms with Crippen LogP contribution in [0.25, 0.3) is 11.5 Å². The Kier molecular flexibility index (Phi) is 6.13. The van der Waals surface area contributed by atoms with Crippen molar-refractivity contribution in [2.45, 2.75) is 46.0 Å². The minimum Gasteiger partial charge on any atom is -0.481 e. The minimum absolute atomic E-state index is 0.0768. The SMILES string of the molecule is CCCC(CNC(=O)c1ccccc1-c1nc(C(C)(C)C)no1)C(=O)O. The monoisotopic (exact) mass is 359 g/mol. The van der Waals surface area contributed by atoms with Gasteiger partial charge < -0.3 is 14.9 Å². The highest BCUT2D eigenvalue weighted by molar-refractivity contribution is 6.00. The lowest BCUT2D eigenvalue weighted by atomic mass is 9.96. The van der Waals surface area contributed by atoms with E-state index in [0.29, 0.717) is 23.4 Å². The highest BCUT2D eigenvalue weighted by atomic mass is 16.5. The van der Waals surface area contributed by atoms with Gasteiger partial charge in [0.2, 0.25) is 0 Å². The van der Waals surface area contributed by atoms with Gasteiger partial charge in [0.25, 0.3) is 11.8 Å². The quantitative estimate of drug-likeness (QED) is 0.786. The number of hydrogen-bond acceptors (Lipinski definition) is 5. The highest BCUT2D eigenvalue weighted by Crippen LogP contribution is 2.26. The number of aliphatic carboxylic acids is 1. The zero-order valence-corrected chi connectivity index (χ0v) is 15.6. The van der Waals surface area contributed by atoms with Crippen LogP contribution in [0.1, 0.15) is 56.7 Å². The van der Waals surface area contributed by atoms with Gasteiger partial charge in [0.15, 0.2) is 5.82 Å². The molecule has 1 amide bonds. The van der Waals surface area contributed by atoms with E-state index in [-0.39, 0.29) is 23.8 Å². The second-order valence-electron chi connectivity index (χ2n) is 7.25. The fourth-order valence-electron chi connectivity index (χ4n) is 2.48. The summed E-state index contributed by atoms with van der Waals surface area (Å²) in [5.41, 5.74) is 0.626. The molecular weight excluding hydrogens is 334 g/mol. The topological polar surface area (TPSA) is 105 Å². The van der Waals surface area contributed by atoms with Crippen molar-refractivity contribution in [3.05, 3.63) is 35.7 Å². The molecule has 0 radical (unpaired) electrons. The highest BCUT2D eigenvalue weighted by Gasteiger charge is 2.24. The molecule has 0 saturated carbocycles. The normalized spacial score (nSPS) is 12.6. The van der Waals surface area contributed by atoms with Gasteiger partial charge in [-0.2, -0.15) is 4.98 Å². The van der Waals surface area contributed by atoms with Crippen LogP contribution < -0.4 is 5.32 Å². The lowest BCUT2D eigenvalue weighted by Gasteiger charge is -2.13. The Balaban J connectivity index is 2.22. The summed E-state index contributed by atoms with van der Waals surface area (Å²) in [7, 11) is 0. The van der Waals surface area contributed by atoms with Crippen LogP contribution in [-0.4, -0.2) is 33.7 Å². The van der Waals surface area contributed by atoms with E-state index >= 15 is 0 Å². The second kappa shape index (κ2) is 8.12. The van der Waals surface area contributed by atoms with Gasteiger partial charge in [-0.25, -0.2) is 0 Å². The van der Waals surface area contributed by atoms with Crippen molar-refractivity contribution in [2.24, 2.45) is 5.92 Å². The Morgan fingerprint density at radius 2 is 1.96 bits per heavy atom. The van der Waals surface area contributed by atoms with Crippen LogP contribution >= 0.6 is 0 Å².